The Balaban J connectivity index is 1.39. The van der Waals surface area contributed by atoms with Gasteiger partial charge in [0.05, 0.1) is 5.56 Å². The average Bonchev–Trinajstić information content (AvgIpc) is 3.13. The van der Waals surface area contributed by atoms with Crippen LogP contribution in [-0.4, -0.2) is 23.6 Å². The zero-order valence-electron chi connectivity index (χ0n) is 14.9. The molecule has 3 aromatic rings. The number of alkyl halides is 3. The molecular weight excluding hydrogens is 405 g/mol. The van der Waals surface area contributed by atoms with Crippen molar-refractivity contribution in [2.24, 2.45) is 0 Å². The minimum Gasteiger partial charge on any atom is -0.485 e. The number of fused-ring (bicyclic) bond motifs is 1. The number of halogens is 3. The Morgan fingerprint density at radius 2 is 1.97 bits per heavy atom. The van der Waals surface area contributed by atoms with Gasteiger partial charge in [0.2, 0.25) is 6.10 Å². The van der Waals surface area contributed by atoms with Gasteiger partial charge in [-0.2, -0.15) is 13.2 Å². The third-order valence-electron chi connectivity index (χ3n) is 4.22. The van der Waals surface area contributed by atoms with Crippen molar-refractivity contribution in [2.75, 3.05) is 11.9 Å². The molecule has 150 valence electrons. The first-order chi connectivity index (χ1) is 13.9. The molecule has 0 unspecified atom stereocenters. The highest BCUT2D eigenvalue weighted by Gasteiger charge is 2.30. The fraction of sp³-hybridized carbons (Fsp3) is 0.200. The lowest BCUT2D eigenvalue weighted by molar-refractivity contribution is -0.137. The van der Waals surface area contributed by atoms with E-state index in [1.54, 1.807) is 24.3 Å². The quantitative estimate of drug-likeness (QED) is 0.674. The maximum atomic E-state index is 12.8. The van der Waals surface area contributed by atoms with Crippen molar-refractivity contribution < 1.29 is 27.4 Å². The van der Waals surface area contributed by atoms with Gasteiger partial charge in [-0.25, -0.2) is 4.98 Å². The number of rotatable bonds is 4. The van der Waals surface area contributed by atoms with E-state index in [9.17, 15) is 18.0 Å². The Bertz CT molecular complexity index is 1040. The fourth-order valence-corrected chi connectivity index (χ4v) is 3.69. The lowest BCUT2D eigenvalue weighted by atomic mass is 10.1. The Morgan fingerprint density at radius 3 is 2.76 bits per heavy atom. The van der Waals surface area contributed by atoms with Crippen LogP contribution in [0.15, 0.2) is 54.7 Å². The zero-order chi connectivity index (χ0) is 20.4. The van der Waals surface area contributed by atoms with Crippen LogP contribution in [0, 0.1) is 0 Å². The molecule has 0 aliphatic carbocycles. The Morgan fingerprint density at radius 1 is 1.17 bits per heavy atom. The second kappa shape index (κ2) is 7.75. The summed E-state index contributed by atoms with van der Waals surface area (Å²) >= 11 is 1.20. The van der Waals surface area contributed by atoms with E-state index in [0.29, 0.717) is 22.2 Å². The molecule has 2 heterocycles. The van der Waals surface area contributed by atoms with E-state index < -0.39 is 23.8 Å². The molecule has 1 aliphatic heterocycles. The molecular formula is C20H15F3N2O3S. The minimum absolute atomic E-state index is 0.0747. The number of nitrogens with zero attached hydrogens (tertiary/aromatic N) is 1. The number of thiazole rings is 1. The summed E-state index contributed by atoms with van der Waals surface area (Å²) < 4.78 is 49.7. The Hall–Kier alpha value is -3.07. The first kappa shape index (κ1) is 19.3. The van der Waals surface area contributed by atoms with Crippen LogP contribution in [0.3, 0.4) is 0 Å². The Labute approximate surface area is 168 Å². The molecule has 0 saturated carbocycles. The van der Waals surface area contributed by atoms with Crippen molar-refractivity contribution in [3.05, 3.63) is 70.7 Å². The lowest BCUT2D eigenvalue weighted by Gasteiger charge is -2.25. The van der Waals surface area contributed by atoms with E-state index in [1.165, 1.54) is 23.6 Å². The van der Waals surface area contributed by atoms with Gasteiger partial charge >= 0.3 is 6.18 Å². The molecule has 1 atom stereocenters. The summed E-state index contributed by atoms with van der Waals surface area (Å²) in [6.07, 6.45) is -3.38. The van der Waals surface area contributed by atoms with Gasteiger partial charge in [0.1, 0.15) is 6.61 Å². The molecule has 29 heavy (non-hydrogen) atoms. The monoisotopic (exact) mass is 420 g/mol. The highest BCUT2D eigenvalue weighted by atomic mass is 32.1. The predicted molar refractivity (Wildman–Crippen MR) is 101 cm³/mol. The molecule has 1 N–H and O–H groups in total. The van der Waals surface area contributed by atoms with Crippen molar-refractivity contribution in [2.45, 2.75) is 18.7 Å². The van der Waals surface area contributed by atoms with Gasteiger partial charge < -0.3 is 9.47 Å². The van der Waals surface area contributed by atoms with Crippen molar-refractivity contribution in [1.82, 2.24) is 4.98 Å². The molecule has 0 saturated heterocycles. The zero-order valence-corrected chi connectivity index (χ0v) is 15.7. The average molecular weight is 420 g/mol. The van der Waals surface area contributed by atoms with E-state index in [0.717, 1.165) is 17.0 Å². The number of nitrogens with one attached hydrogen (secondary N) is 1. The first-order valence-electron chi connectivity index (χ1n) is 8.69. The maximum absolute atomic E-state index is 12.8. The van der Waals surface area contributed by atoms with E-state index in [1.807, 2.05) is 6.07 Å². The van der Waals surface area contributed by atoms with Crippen LogP contribution in [0.25, 0.3) is 0 Å². The lowest BCUT2D eigenvalue weighted by Crippen LogP contribution is -2.40. The topological polar surface area (TPSA) is 60.5 Å². The molecule has 0 fully saturated rings. The standard InChI is InChI=1S/C20H15F3N2O3S/c21-20(22,23)13-5-3-4-12(8-13)9-14-10-24-19(29-14)25-18(26)17-11-27-15-6-1-2-7-16(15)28-17/h1-8,10,17H,9,11H2,(H,24,25,26)/t17-/m0/s1. The number of carbonyl (C=O) groups is 1. The van der Waals surface area contributed by atoms with Gasteiger partial charge in [0, 0.05) is 17.5 Å². The van der Waals surface area contributed by atoms with Crippen molar-refractivity contribution in [1.29, 1.82) is 0 Å². The molecule has 2 aromatic carbocycles. The number of hydrogen-bond donors (Lipinski definition) is 1. The van der Waals surface area contributed by atoms with Crippen molar-refractivity contribution in [3.8, 4) is 11.5 Å². The molecule has 1 amide bonds. The summed E-state index contributed by atoms with van der Waals surface area (Å²) in [5.41, 5.74) is -0.176. The molecule has 0 bridgehead atoms. The fourth-order valence-electron chi connectivity index (χ4n) is 2.84. The van der Waals surface area contributed by atoms with Crippen LogP contribution < -0.4 is 14.8 Å². The summed E-state index contributed by atoms with van der Waals surface area (Å²) in [5, 5.41) is 3.01. The second-order valence-corrected chi connectivity index (χ2v) is 7.48. The minimum atomic E-state index is -4.39. The molecule has 0 spiro atoms. The summed E-state index contributed by atoms with van der Waals surface area (Å²) in [5.74, 6) is 0.664. The van der Waals surface area contributed by atoms with Crippen LogP contribution in [0.2, 0.25) is 0 Å². The number of benzene rings is 2. The largest absolute Gasteiger partial charge is 0.485 e. The third-order valence-corrected chi connectivity index (χ3v) is 5.13. The normalized spacial score (nSPS) is 15.8. The number of hydrogen-bond acceptors (Lipinski definition) is 5. The third kappa shape index (κ3) is 4.51. The van der Waals surface area contributed by atoms with Crippen molar-refractivity contribution >= 4 is 22.4 Å². The molecule has 1 aromatic heterocycles. The van der Waals surface area contributed by atoms with Crippen LogP contribution >= 0.6 is 11.3 Å². The van der Waals surface area contributed by atoms with Gasteiger partial charge in [-0.1, -0.05) is 30.3 Å². The van der Waals surface area contributed by atoms with Gasteiger partial charge in [-0.3, -0.25) is 10.1 Å². The number of ether oxygens (including phenoxy) is 2. The highest BCUT2D eigenvalue weighted by Crippen LogP contribution is 2.32. The second-order valence-electron chi connectivity index (χ2n) is 6.36. The smallest absolute Gasteiger partial charge is 0.416 e. The number of carbonyl (C=O) groups excluding carboxylic acids is 1. The van der Waals surface area contributed by atoms with Crippen molar-refractivity contribution in [3.63, 3.8) is 0 Å². The van der Waals surface area contributed by atoms with Gasteiger partial charge in [-0.15, -0.1) is 11.3 Å². The molecule has 4 rings (SSSR count). The van der Waals surface area contributed by atoms with Crippen LogP contribution in [-0.2, 0) is 17.4 Å². The molecule has 1 aliphatic rings. The van der Waals surface area contributed by atoms with Crippen LogP contribution in [0.1, 0.15) is 16.0 Å². The summed E-state index contributed by atoms with van der Waals surface area (Å²) in [4.78, 5) is 17.3. The molecule has 0 radical (unpaired) electrons. The maximum Gasteiger partial charge on any atom is 0.416 e. The summed E-state index contributed by atoms with van der Waals surface area (Å²) in [6.45, 7) is 0.0747. The SMILES string of the molecule is O=C(Nc1ncc(Cc2cccc(C(F)(F)F)c2)s1)[C@@H]1COc2ccccc2O1. The molecule has 5 nitrogen and oxygen atoms in total. The Kier molecular flexibility index (Phi) is 5.14. The number of anilines is 1. The summed E-state index contributed by atoms with van der Waals surface area (Å²) in [7, 11) is 0. The number of aromatic nitrogens is 1. The first-order valence-corrected chi connectivity index (χ1v) is 9.50. The van der Waals surface area contributed by atoms with Gasteiger partial charge in [-0.05, 0) is 23.8 Å². The van der Waals surface area contributed by atoms with E-state index in [4.69, 9.17) is 9.47 Å². The van der Waals surface area contributed by atoms with E-state index >= 15 is 0 Å². The molecule has 9 heteroatoms. The van der Waals surface area contributed by atoms with Crippen LogP contribution in [0.5, 0.6) is 11.5 Å². The predicted octanol–water partition coefficient (Wildman–Crippen LogP) is 4.53. The number of para-hydroxylation sites is 2. The summed E-state index contributed by atoms with van der Waals surface area (Å²) in [6, 6.07) is 12.2. The van der Waals surface area contributed by atoms with Gasteiger partial charge in [0.25, 0.3) is 5.91 Å². The number of amides is 1. The highest BCUT2D eigenvalue weighted by molar-refractivity contribution is 7.15. The van der Waals surface area contributed by atoms with E-state index in [2.05, 4.69) is 10.3 Å². The van der Waals surface area contributed by atoms with E-state index in [-0.39, 0.29) is 13.0 Å². The van der Waals surface area contributed by atoms with Gasteiger partial charge in [0.15, 0.2) is 16.6 Å². The van der Waals surface area contributed by atoms with Crippen LogP contribution in [0.4, 0.5) is 18.3 Å².